The second kappa shape index (κ2) is 5.48. The van der Waals surface area contributed by atoms with Crippen LogP contribution < -0.4 is 9.46 Å². The molecule has 1 N–H and O–H groups in total. The quantitative estimate of drug-likeness (QED) is 0.755. The van der Waals surface area contributed by atoms with E-state index in [0.717, 1.165) is 35.6 Å². The fraction of sp³-hybridized carbons (Fsp3) is 0.316. The summed E-state index contributed by atoms with van der Waals surface area (Å²) in [7, 11) is -3.69. The molecule has 0 amide bonds. The second-order valence-corrected chi connectivity index (χ2v) is 8.70. The molecular formula is C19H18N2O4S. The SMILES string of the molecule is CC1Cc2cc(S(=O)(=O)Nc3ccc4nc(C5CC5)oc4c3)ccc2O1. The first kappa shape index (κ1) is 15.7. The van der Waals surface area contributed by atoms with Gasteiger partial charge in [0.1, 0.15) is 17.4 Å². The number of ether oxygens (including phenoxy) is 1. The number of anilines is 1. The molecule has 0 bridgehead atoms. The molecule has 1 saturated carbocycles. The molecule has 5 rings (SSSR count). The van der Waals surface area contributed by atoms with E-state index in [1.54, 1.807) is 36.4 Å². The zero-order valence-electron chi connectivity index (χ0n) is 14.2. The summed E-state index contributed by atoms with van der Waals surface area (Å²) in [5.41, 5.74) is 2.73. The monoisotopic (exact) mass is 370 g/mol. The number of nitrogens with one attached hydrogen (secondary N) is 1. The van der Waals surface area contributed by atoms with Crippen LogP contribution in [0.1, 0.15) is 37.1 Å². The van der Waals surface area contributed by atoms with Crippen molar-refractivity contribution in [2.75, 3.05) is 4.72 Å². The van der Waals surface area contributed by atoms with Crippen LogP contribution in [0.5, 0.6) is 5.75 Å². The first-order chi connectivity index (χ1) is 12.5. The van der Waals surface area contributed by atoms with Gasteiger partial charge in [-0.1, -0.05) is 0 Å². The predicted octanol–water partition coefficient (Wildman–Crippen LogP) is 3.83. The molecular weight excluding hydrogens is 352 g/mol. The highest BCUT2D eigenvalue weighted by molar-refractivity contribution is 7.92. The van der Waals surface area contributed by atoms with E-state index < -0.39 is 10.0 Å². The largest absolute Gasteiger partial charge is 0.490 e. The molecule has 1 fully saturated rings. The Kier molecular flexibility index (Phi) is 3.31. The zero-order valence-corrected chi connectivity index (χ0v) is 15.0. The molecule has 1 aliphatic heterocycles. The number of hydrogen-bond donors (Lipinski definition) is 1. The predicted molar refractivity (Wildman–Crippen MR) is 97.0 cm³/mol. The molecule has 6 nitrogen and oxygen atoms in total. The van der Waals surface area contributed by atoms with Gasteiger partial charge < -0.3 is 9.15 Å². The molecule has 26 heavy (non-hydrogen) atoms. The summed E-state index contributed by atoms with van der Waals surface area (Å²) < 4.78 is 39.5. The lowest BCUT2D eigenvalue weighted by Crippen LogP contribution is -2.13. The van der Waals surface area contributed by atoms with Crippen molar-refractivity contribution < 1.29 is 17.6 Å². The van der Waals surface area contributed by atoms with Crippen LogP contribution in [0.3, 0.4) is 0 Å². The van der Waals surface area contributed by atoms with E-state index in [1.165, 1.54) is 0 Å². The third-order valence-electron chi connectivity index (χ3n) is 4.76. The van der Waals surface area contributed by atoms with Gasteiger partial charge in [0, 0.05) is 18.4 Å². The van der Waals surface area contributed by atoms with Gasteiger partial charge in [-0.15, -0.1) is 0 Å². The molecule has 2 aromatic carbocycles. The summed E-state index contributed by atoms with van der Waals surface area (Å²) in [6.45, 7) is 1.97. The Hall–Kier alpha value is -2.54. The Morgan fingerprint density at radius 3 is 2.81 bits per heavy atom. The normalized spacial score (nSPS) is 19.3. The van der Waals surface area contributed by atoms with Gasteiger partial charge in [-0.2, -0.15) is 0 Å². The highest BCUT2D eigenvalue weighted by atomic mass is 32.2. The Morgan fingerprint density at radius 1 is 1.15 bits per heavy atom. The van der Waals surface area contributed by atoms with Crippen molar-refractivity contribution in [3.63, 3.8) is 0 Å². The first-order valence-corrected chi connectivity index (χ1v) is 10.2. The van der Waals surface area contributed by atoms with Crippen molar-refractivity contribution in [1.29, 1.82) is 0 Å². The number of nitrogens with zero attached hydrogens (tertiary/aromatic N) is 1. The molecule has 0 spiro atoms. The average Bonchev–Trinajstić information content (AvgIpc) is 3.24. The number of sulfonamides is 1. The summed E-state index contributed by atoms with van der Waals surface area (Å²) >= 11 is 0. The van der Waals surface area contributed by atoms with Gasteiger partial charge in [-0.05, 0) is 55.7 Å². The van der Waals surface area contributed by atoms with E-state index in [4.69, 9.17) is 9.15 Å². The Morgan fingerprint density at radius 2 is 2.00 bits per heavy atom. The maximum Gasteiger partial charge on any atom is 0.261 e. The zero-order chi connectivity index (χ0) is 17.9. The van der Waals surface area contributed by atoms with Crippen LogP contribution in [-0.4, -0.2) is 19.5 Å². The molecule has 1 atom stereocenters. The van der Waals surface area contributed by atoms with Crippen LogP contribution in [0.2, 0.25) is 0 Å². The third-order valence-corrected chi connectivity index (χ3v) is 6.14. The minimum absolute atomic E-state index is 0.0745. The van der Waals surface area contributed by atoms with Crippen molar-refractivity contribution in [2.24, 2.45) is 0 Å². The second-order valence-electron chi connectivity index (χ2n) is 7.02. The molecule has 1 aromatic heterocycles. The number of benzene rings is 2. The third kappa shape index (κ3) is 2.72. The van der Waals surface area contributed by atoms with Crippen LogP contribution in [0, 0.1) is 0 Å². The van der Waals surface area contributed by atoms with Crippen LogP contribution in [-0.2, 0) is 16.4 Å². The van der Waals surface area contributed by atoms with Gasteiger partial charge >= 0.3 is 0 Å². The fourth-order valence-electron chi connectivity index (χ4n) is 3.29. The van der Waals surface area contributed by atoms with Gasteiger partial charge in [0.05, 0.1) is 10.6 Å². The van der Waals surface area contributed by atoms with Crippen molar-refractivity contribution in [2.45, 2.75) is 43.1 Å². The van der Waals surface area contributed by atoms with E-state index >= 15 is 0 Å². The molecule has 7 heteroatoms. The lowest BCUT2D eigenvalue weighted by molar-refractivity contribution is 0.254. The molecule has 2 heterocycles. The molecule has 1 unspecified atom stereocenters. The van der Waals surface area contributed by atoms with E-state index in [1.807, 2.05) is 6.92 Å². The summed E-state index contributed by atoms with van der Waals surface area (Å²) in [5.74, 6) is 1.92. The summed E-state index contributed by atoms with van der Waals surface area (Å²) in [6.07, 6.45) is 3.00. The van der Waals surface area contributed by atoms with Crippen molar-refractivity contribution in [3.8, 4) is 5.75 Å². The molecule has 134 valence electrons. The topological polar surface area (TPSA) is 81.4 Å². The van der Waals surface area contributed by atoms with Crippen molar-refractivity contribution >= 4 is 26.8 Å². The minimum atomic E-state index is -3.69. The molecule has 0 radical (unpaired) electrons. The summed E-state index contributed by atoms with van der Waals surface area (Å²) in [5, 5.41) is 0. The average molecular weight is 370 g/mol. The van der Waals surface area contributed by atoms with Gasteiger partial charge in [0.2, 0.25) is 0 Å². The molecule has 1 aliphatic carbocycles. The molecule has 2 aliphatic rings. The van der Waals surface area contributed by atoms with E-state index in [0.29, 0.717) is 23.6 Å². The Labute approximate surface area is 151 Å². The van der Waals surface area contributed by atoms with Crippen LogP contribution >= 0.6 is 0 Å². The number of aromatic nitrogens is 1. The van der Waals surface area contributed by atoms with Gasteiger partial charge in [-0.3, -0.25) is 4.72 Å². The number of oxazole rings is 1. The van der Waals surface area contributed by atoms with E-state index in [2.05, 4.69) is 9.71 Å². The standard InChI is InChI=1S/C19H18N2O4S/c1-11-8-13-9-15(5-7-17(13)24-11)26(22,23)21-14-4-6-16-18(10-14)25-19(20-16)12-2-3-12/h4-7,9-12,21H,2-3,8H2,1H3. The van der Waals surface area contributed by atoms with Gasteiger partial charge in [0.15, 0.2) is 11.5 Å². The summed E-state index contributed by atoms with van der Waals surface area (Å²) in [4.78, 5) is 4.69. The number of rotatable bonds is 4. The highest BCUT2D eigenvalue weighted by Gasteiger charge is 2.29. The maximum absolute atomic E-state index is 12.7. The first-order valence-electron chi connectivity index (χ1n) is 8.71. The van der Waals surface area contributed by atoms with Gasteiger partial charge in [-0.25, -0.2) is 13.4 Å². The van der Waals surface area contributed by atoms with E-state index in [-0.39, 0.29) is 11.0 Å². The lowest BCUT2D eigenvalue weighted by atomic mass is 10.1. The smallest absolute Gasteiger partial charge is 0.261 e. The van der Waals surface area contributed by atoms with Crippen LogP contribution in [0.4, 0.5) is 5.69 Å². The van der Waals surface area contributed by atoms with Gasteiger partial charge in [0.25, 0.3) is 10.0 Å². The summed E-state index contributed by atoms with van der Waals surface area (Å²) in [6, 6.07) is 10.1. The van der Waals surface area contributed by atoms with E-state index in [9.17, 15) is 8.42 Å². The lowest BCUT2D eigenvalue weighted by Gasteiger charge is -2.09. The number of fused-ring (bicyclic) bond motifs is 2. The van der Waals surface area contributed by atoms with Crippen LogP contribution in [0.15, 0.2) is 45.7 Å². The molecule has 3 aromatic rings. The van der Waals surface area contributed by atoms with Crippen molar-refractivity contribution in [1.82, 2.24) is 4.98 Å². The van der Waals surface area contributed by atoms with Crippen molar-refractivity contribution in [3.05, 3.63) is 47.9 Å². The Bertz CT molecular complexity index is 1120. The highest BCUT2D eigenvalue weighted by Crippen LogP contribution is 2.40. The Balaban J connectivity index is 1.44. The van der Waals surface area contributed by atoms with Crippen LogP contribution in [0.25, 0.3) is 11.1 Å². The number of hydrogen-bond acceptors (Lipinski definition) is 5. The fourth-order valence-corrected chi connectivity index (χ4v) is 4.39. The minimum Gasteiger partial charge on any atom is -0.490 e. The molecule has 0 saturated heterocycles. The maximum atomic E-state index is 12.7.